The molecule has 6 heteroatoms. The zero-order valence-electron chi connectivity index (χ0n) is 10.0. The van der Waals surface area contributed by atoms with Gasteiger partial charge in [0.15, 0.2) is 0 Å². The molecule has 1 heterocycles. The summed E-state index contributed by atoms with van der Waals surface area (Å²) in [5, 5.41) is 3.01. The van der Waals surface area contributed by atoms with E-state index in [0.717, 1.165) is 10.6 Å². The van der Waals surface area contributed by atoms with Gasteiger partial charge in [0.2, 0.25) is 0 Å². The van der Waals surface area contributed by atoms with Gasteiger partial charge in [0, 0.05) is 13.1 Å². The van der Waals surface area contributed by atoms with Crippen molar-refractivity contribution in [1.29, 1.82) is 0 Å². The molecule has 0 saturated heterocycles. The van der Waals surface area contributed by atoms with Crippen molar-refractivity contribution in [3.8, 4) is 0 Å². The third-order valence-corrected chi connectivity index (χ3v) is 2.50. The molecule has 0 spiro atoms. The van der Waals surface area contributed by atoms with Crippen molar-refractivity contribution < 1.29 is 13.2 Å². The van der Waals surface area contributed by atoms with Crippen LogP contribution in [-0.2, 0) is 0 Å². The lowest BCUT2D eigenvalue weighted by molar-refractivity contribution is -0.119. The summed E-state index contributed by atoms with van der Waals surface area (Å²) in [5.74, 6) is 0. The summed E-state index contributed by atoms with van der Waals surface area (Å²) in [5.41, 5.74) is 1.26. The highest BCUT2D eigenvalue weighted by molar-refractivity contribution is 5.44. The molecule has 1 atom stereocenters. The van der Waals surface area contributed by atoms with Crippen LogP contribution in [-0.4, -0.2) is 31.8 Å². The van der Waals surface area contributed by atoms with Crippen LogP contribution in [0.3, 0.4) is 0 Å². The van der Waals surface area contributed by atoms with Crippen molar-refractivity contribution in [2.45, 2.75) is 19.1 Å². The molecule has 96 valence electrons. The highest BCUT2D eigenvalue weighted by Gasteiger charge is 2.29. The summed E-state index contributed by atoms with van der Waals surface area (Å²) in [7, 11) is 3.20. The average Bonchev–Trinajstić information content (AvgIpc) is 2.26. The molecule has 1 aromatic heterocycles. The van der Waals surface area contributed by atoms with E-state index < -0.39 is 12.7 Å². The summed E-state index contributed by atoms with van der Waals surface area (Å²) in [6.45, 7) is 0.955. The Hall–Kier alpha value is -1.30. The fraction of sp³-hybridized carbons (Fsp3) is 0.545. The van der Waals surface area contributed by atoms with Gasteiger partial charge in [-0.15, -0.1) is 0 Å². The molecule has 0 aliphatic heterocycles. The van der Waals surface area contributed by atoms with Crippen molar-refractivity contribution in [2.24, 2.45) is 0 Å². The van der Waals surface area contributed by atoms with Gasteiger partial charge in [0.05, 0.1) is 17.6 Å². The Morgan fingerprint density at radius 3 is 2.47 bits per heavy atom. The molecular weight excluding hydrogens is 231 g/mol. The highest BCUT2D eigenvalue weighted by atomic mass is 19.4. The number of halogens is 3. The van der Waals surface area contributed by atoms with Crippen LogP contribution in [0.1, 0.15) is 18.7 Å². The Balaban J connectivity index is 2.74. The molecular formula is C11H16F3N3. The number of nitrogens with zero attached hydrogens (tertiary/aromatic N) is 2. The van der Waals surface area contributed by atoms with Gasteiger partial charge < -0.3 is 10.2 Å². The van der Waals surface area contributed by atoms with Crippen LogP contribution in [0, 0.1) is 0 Å². The third-order valence-electron chi connectivity index (χ3n) is 2.50. The van der Waals surface area contributed by atoms with E-state index in [1.54, 1.807) is 19.2 Å². The van der Waals surface area contributed by atoms with E-state index in [1.165, 1.54) is 13.2 Å². The molecule has 1 rings (SSSR count). The number of rotatable bonds is 4. The van der Waals surface area contributed by atoms with Crippen molar-refractivity contribution in [2.75, 3.05) is 25.5 Å². The predicted octanol–water partition coefficient (Wildman–Crippen LogP) is 2.36. The zero-order chi connectivity index (χ0) is 13.1. The monoisotopic (exact) mass is 247 g/mol. The molecule has 1 unspecified atom stereocenters. The van der Waals surface area contributed by atoms with Crippen LogP contribution in [0.5, 0.6) is 0 Å². The minimum atomic E-state index is -4.20. The lowest BCUT2D eigenvalue weighted by Crippen LogP contribution is -2.30. The lowest BCUT2D eigenvalue weighted by Gasteiger charge is -2.21. The Morgan fingerprint density at radius 1 is 1.41 bits per heavy atom. The largest absolute Gasteiger partial charge is 0.405 e. The Labute approximate surface area is 98.6 Å². The molecule has 1 aromatic rings. The number of pyridine rings is 1. The van der Waals surface area contributed by atoms with Gasteiger partial charge in [0.1, 0.15) is 6.54 Å². The summed E-state index contributed by atoms with van der Waals surface area (Å²) in [4.78, 5) is 5.25. The standard InChI is InChI=1S/C11H16F3N3/c1-8(15-2)10-5-4-9(6-16-10)17(3)7-11(12,13)14/h4-6,8,15H,7H2,1-3H3. The SMILES string of the molecule is CNC(C)c1ccc(N(C)CC(F)(F)F)cn1. The van der Waals surface area contributed by atoms with E-state index in [-0.39, 0.29) is 6.04 Å². The molecule has 0 saturated carbocycles. The summed E-state index contributed by atoms with van der Waals surface area (Å²) in [6.07, 6.45) is -2.75. The smallest absolute Gasteiger partial charge is 0.364 e. The zero-order valence-corrected chi connectivity index (χ0v) is 10.0. The van der Waals surface area contributed by atoms with Gasteiger partial charge in [-0.05, 0) is 26.1 Å². The van der Waals surface area contributed by atoms with Crippen molar-refractivity contribution in [3.05, 3.63) is 24.0 Å². The number of anilines is 1. The molecule has 0 bridgehead atoms. The Morgan fingerprint density at radius 2 is 2.06 bits per heavy atom. The van der Waals surface area contributed by atoms with Crippen molar-refractivity contribution >= 4 is 5.69 Å². The molecule has 1 N–H and O–H groups in total. The summed E-state index contributed by atoms with van der Waals surface area (Å²) >= 11 is 0. The maximum Gasteiger partial charge on any atom is 0.405 e. The van der Waals surface area contributed by atoms with E-state index in [1.807, 2.05) is 6.92 Å². The summed E-state index contributed by atoms with van der Waals surface area (Å²) < 4.78 is 36.5. The fourth-order valence-corrected chi connectivity index (χ4v) is 1.39. The van der Waals surface area contributed by atoms with E-state index in [2.05, 4.69) is 10.3 Å². The third kappa shape index (κ3) is 4.22. The molecule has 3 nitrogen and oxygen atoms in total. The lowest BCUT2D eigenvalue weighted by atomic mass is 10.2. The first-order valence-electron chi connectivity index (χ1n) is 5.24. The molecule has 0 amide bonds. The normalized spacial score (nSPS) is 13.5. The maximum atomic E-state index is 12.2. The Bertz CT molecular complexity index is 348. The van der Waals surface area contributed by atoms with Crippen LogP contribution >= 0.6 is 0 Å². The minimum Gasteiger partial charge on any atom is -0.364 e. The molecule has 0 aliphatic rings. The Kier molecular flexibility index (Phi) is 4.34. The molecule has 17 heavy (non-hydrogen) atoms. The topological polar surface area (TPSA) is 28.2 Å². The van der Waals surface area contributed by atoms with Gasteiger partial charge in [-0.2, -0.15) is 13.2 Å². The highest BCUT2D eigenvalue weighted by Crippen LogP contribution is 2.21. The average molecular weight is 247 g/mol. The van der Waals surface area contributed by atoms with Crippen LogP contribution in [0.15, 0.2) is 18.3 Å². The van der Waals surface area contributed by atoms with Gasteiger partial charge in [-0.3, -0.25) is 4.98 Å². The summed E-state index contributed by atoms with van der Waals surface area (Å²) in [6, 6.07) is 3.45. The number of alkyl halides is 3. The predicted molar refractivity (Wildman–Crippen MR) is 61.0 cm³/mol. The quantitative estimate of drug-likeness (QED) is 0.885. The van der Waals surface area contributed by atoms with E-state index in [4.69, 9.17) is 0 Å². The van der Waals surface area contributed by atoms with Gasteiger partial charge >= 0.3 is 6.18 Å². The first-order chi connectivity index (χ1) is 7.83. The van der Waals surface area contributed by atoms with Gasteiger partial charge in [-0.25, -0.2) is 0 Å². The van der Waals surface area contributed by atoms with Crippen LogP contribution in [0.25, 0.3) is 0 Å². The number of hydrogen-bond donors (Lipinski definition) is 1. The van der Waals surface area contributed by atoms with E-state index in [9.17, 15) is 13.2 Å². The number of nitrogens with one attached hydrogen (secondary N) is 1. The second kappa shape index (κ2) is 5.35. The van der Waals surface area contributed by atoms with Crippen molar-refractivity contribution in [3.63, 3.8) is 0 Å². The minimum absolute atomic E-state index is 0.0805. The van der Waals surface area contributed by atoms with Gasteiger partial charge in [0.25, 0.3) is 0 Å². The van der Waals surface area contributed by atoms with Crippen molar-refractivity contribution in [1.82, 2.24) is 10.3 Å². The van der Waals surface area contributed by atoms with Crippen LogP contribution < -0.4 is 10.2 Å². The van der Waals surface area contributed by atoms with E-state index in [0.29, 0.717) is 5.69 Å². The van der Waals surface area contributed by atoms with E-state index >= 15 is 0 Å². The first-order valence-corrected chi connectivity index (χ1v) is 5.24. The van der Waals surface area contributed by atoms with Crippen LogP contribution in [0.2, 0.25) is 0 Å². The second-order valence-electron chi connectivity index (χ2n) is 3.92. The van der Waals surface area contributed by atoms with Crippen LogP contribution in [0.4, 0.5) is 18.9 Å². The molecule has 0 fully saturated rings. The van der Waals surface area contributed by atoms with Gasteiger partial charge in [-0.1, -0.05) is 0 Å². The molecule has 0 aromatic carbocycles. The molecule has 0 aliphatic carbocycles. The second-order valence-corrected chi connectivity index (χ2v) is 3.92. The first kappa shape index (κ1) is 13.8. The molecule has 0 radical (unpaired) electrons. The maximum absolute atomic E-state index is 12.2. The number of aromatic nitrogens is 1. The number of hydrogen-bond acceptors (Lipinski definition) is 3. The fourth-order valence-electron chi connectivity index (χ4n) is 1.39.